The Morgan fingerprint density at radius 1 is 1.20 bits per heavy atom. The minimum Gasteiger partial charge on any atom is -0.371 e. The number of rotatable bonds is 7. The highest BCUT2D eigenvalue weighted by Crippen LogP contribution is 2.39. The van der Waals surface area contributed by atoms with Crippen LogP contribution in [0.3, 0.4) is 0 Å². The molecule has 2 aromatic rings. The number of unbranched alkanes of at least 4 members (excludes halogenated alkanes) is 1. The average Bonchev–Trinajstić information content (AvgIpc) is 3.03. The van der Waals surface area contributed by atoms with E-state index >= 15 is 0 Å². The Morgan fingerprint density at radius 2 is 1.97 bits per heavy atom. The van der Waals surface area contributed by atoms with Crippen LogP contribution in [-0.4, -0.2) is 25.2 Å². The first-order valence-corrected chi connectivity index (χ1v) is 10.2. The number of nitrogens with zero attached hydrogens (tertiary/aromatic N) is 2. The lowest BCUT2D eigenvalue weighted by molar-refractivity contribution is -0.137. The summed E-state index contributed by atoms with van der Waals surface area (Å²) >= 11 is 0. The molecule has 0 saturated heterocycles. The summed E-state index contributed by atoms with van der Waals surface area (Å²) in [5.74, 6) is -0.848. The topological polar surface area (TPSA) is 44.7 Å². The molecule has 0 spiro atoms. The van der Waals surface area contributed by atoms with Gasteiger partial charge in [0.15, 0.2) is 0 Å². The number of aryl methyl sites for hydroxylation is 1. The van der Waals surface area contributed by atoms with Crippen LogP contribution in [0, 0.1) is 6.92 Å². The Balaban J connectivity index is 1.94. The maximum atomic E-state index is 13.8. The third-order valence-corrected chi connectivity index (χ3v) is 5.34. The van der Waals surface area contributed by atoms with Crippen LogP contribution in [0.15, 0.2) is 41.4 Å². The van der Waals surface area contributed by atoms with Crippen molar-refractivity contribution in [1.82, 2.24) is 0 Å². The second kappa shape index (κ2) is 8.90. The zero-order valence-corrected chi connectivity index (χ0v) is 17.4. The Hall–Kier alpha value is -2.83. The number of carbonyl (C=O) groups is 1. The average molecular weight is 417 g/mol. The van der Waals surface area contributed by atoms with Crippen LogP contribution in [0.1, 0.15) is 49.3 Å². The first kappa shape index (κ1) is 21.9. The van der Waals surface area contributed by atoms with Gasteiger partial charge >= 0.3 is 6.18 Å². The van der Waals surface area contributed by atoms with Gasteiger partial charge in [0.05, 0.1) is 11.3 Å². The molecule has 2 aromatic carbocycles. The van der Waals surface area contributed by atoms with E-state index in [9.17, 15) is 18.0 Å². The molecule has 7 heteroatoms. The summed E-state index contributed by atoms with van der Waals surface area (Å²) in [4.78, 5) is 18.3. The van der Waals surface area contributed by atoms with Gasteiger partial charge in [-0.15, -0.1) is 0 Å². The molecule has 30 heavy (non-hydrogen) atoms. The molecule has 1 N–H and O–H groups in total. The highest BCUT2D eigenvalue weighted by Gasteiger charge is 2.35. The minimum atomic E-state index is -4.49. The summed E-state index contributed by atoms with van der Waals surface area (Å²) in [6.07, 6.45) is -1.34. The van der Waals surface area contributed by atoms with Crippen LogP contribution < -0.4 is 10.2 Å². The number of amides is 1. The molecule has 1 aliphatic heterocycles. The molecule has 0 saturated carbocycles. The van der Waals surface area contributed by atoms with E-state index in [4.69, 9.17) is 0 Å². The molecule has 1 heterocycles. The highest BCUT2D eigenvalue weighted by molar-refractivity contribution is 6.13. The Labute approximate surface area is 174 Å². The van der Waals surface area contributed by atoms with Crippen LogP contribution in [0.25, 0.3) is 0 Å². The molecule has 1 atom stereocenters. The molecule has 1 amide bonds. The maximum absolute atomic E-state index is 13.8. The molecular weight excluding hydrogens is 391 g/mol. The zero-order valence-electron chi connectivity index (χ0n) is 17.4. The number of carbonyl (C=O) groups excluding carboxylic acids is 1. The first-order chi connectivity index (χ1) is 14.3. The SMILES string of the molecule is CCCCN(CC)c1ccc(N=CC2C(=O)Nc3cccc(C)c32)cc1C(F)(F)F. The molecule has 0 aromatic heterocycles. The van der Waals surface area contributed by atoms with E-state index < -0.39 is 17.7 Å². The third-order valence-electron chi connectivity index (χ3n) is 5.34. The maximum Gasteiger partial charge on any atom is 0.418 e. The number of nitrogens with one attached hydrogen (secondary N) is 1. The lowest BCUT2D eigenvalue weighted by Crippen LogP contribution is -2.26. The number of halogens is 3. The summed E-state index contributed by atoms with van der Waals surface area (Å²) < 4.78 is 41.3. The van der Waals surface area contributed by atoms with E-state index in [-0.39, 0.29) is 17.3 Å². The third kappa shape index (κ3) is 4.50. The van der Waals surface area contributed by atoms with Crippen molar-refractivity contribution in [2.75, 3.05) is 23.3 Å². The fourth-order valence-electron chi connectivity index (χ4n) is 3.75. The monoisotopic (exact) mass is 417 g/mol. The Kier molecular flexibility index (Phi) is 6.48. The molecule has 3 rings (SSSR count). The van der Waals surface area contributed by atoms with Crippen molar-refractivity contribution in [3.8, 4) is 0 Å². The number of alkyl halides is 3. The summed E-state index contributed by atoms with van der Waals surface area (Å²) in [7, 11) is 0. The van der Waals surface area contributed by atoms with Crippen LogP contribution in [-0.2, 0) is 11.0 Å². The standard InChI is InChI=1S/C23H26F3N3O/c1-4-6-12-29(5-2)20-11-10-16(13-18(20)23(24,25)26)27-14-17-21-15(3)8-7-9-19(21)28-22(17)30/h7-11,13-14,17H,4-6,12H2,1-3H3,(H,28,30). The predicted molar refractivity (Wildman–Crippen MR) is 115 cm³/mol. The highest BCUT2D eigenvalue weighted by atomic mass is 19.4. The van der Waals surface area contributed by atoms with Crippen molar-refractivity contribution in [2.24, 2.45) is 4.99 Å². The van der Waals surface area contributed by atoms with Gasteiger partial charge in [-0.1, -0.05) is 25.5 Å². The lowest BCUT2D eigenvalue weighted by atomic mass is 9.97. The van der Waals surface area contributed by atoms with E-state index in [1.54, 1.807) is 17.0 Å². The van der Waals surface area contributed by atoms with Gasteiger partial charge in [0, 0.05) is 30.7 Å². The van der Waals surface area contributed by atoms with Crippen molar-refractivity contribution in [2.45, 2.75) is 45.7 Å². The summed E-state index contributed by atoms with van der Waals surface area (Å²) in [5.41, 5.74) is 2.10. The van der Waals surface area contributed by atoms with Crippen LogP contribution in [0.5, 0.6) is 0 Å². The largest absolute Gasteiger partial charge is 0.418 e. The summed E-state index contributed by atoms with van der Waals surface area (Å²) in [5, 5.41) is 2.79. The number of fused-ring (bicyclic) bond motifs is 1. The molecule has 0 aliphatic carbocycles. The minimum absolute atomic E-state index is 0.164. The van der Waals surface area contributed by atoms with Gasteiger partial charge in [-0.3, -0.25) is 9.79 Å². The van der Waals surface area contributed by atoms with Crippen molar-refractivity contribution in [3.63, 3.8) is 0 Å². The Morgan fingerprint density at radius 3 is 2.63 bits per heavy atom. The molecule has 1 unspecified atom stereocenters. The fraction of sp³-hybridized carbons (Fsp3) is 0.391. The molecule has 4 nitrogen and oxygen atoms in total. The van der Waals surface area contributed by atoms with Crippen molar-refractivity contribution >= 4 is 29.2 Å². The molecule has 0 fully saturated rings. The first-order valence-electron chi connectivity index (χ1n) is 10.2. The number of aliphatic imine (C=N–C) groups is 1. The van der Waals surface area contributed by atoms with Gasteiger partial charge < -0.3 is 10.2 Å². The van der Waals surface area contributed by atoms with E-state index in [0.717, 1.165) is 35.7 Å². The number of hydrogen-bond acceptors (Lipinski definition) is 3. The van der Waals surface area contributed by atoms with Crippen LogP contribution >= 0.6 is 0 Å². The van der Waals surface area contributed by atoms with Gasteiger partial charge in [-0.05, 0) is 55.7 Å². The predicted octanol–water partition coefficient (Wildman–Crippen LogP) is 6.08. The second-order valence-electron chi connectivity index (χ2n) is 7.41. The summed E-state index contributed by atoms with van der Waals surface area (Å²) in [6.45, 7) is 6.81. The number of hydrogen-bond donors (Lipinski definition) is 1. The Bertz CT molecular complexity index is 953. The number of benzene rings is 2. The smallest absolute Gasteiger partial charge is 0.371 e. The van der Waals surface area contributed by atoms with E-state index in [2.05, 4.69) is 10.3 Å². The van der Waals surface area contributed by atoms with Crippen molar-refractivity contribution in [3.05, 3.63) is 53.1 Å². The van der Waals surface area contributed by atoms with Gasteiger partial charge in [0.1, 0.15) is 5.92 Å². The molecule has 0 radical (unpaired) electrons. The van der Waals surface area contributed by atoms with Crippen LogP contribution in [0.4, 0.5) is 30.2 Å². The van der Waals surface area contributed by atoms with Crippen molar-refractivity contribution < 1.29 is 18.0 Å². The van der Waals surface area contributed by atoms with Gasteiger partial charge in [0.25, 0.3) is 0 Å². The van der Waals surface area contributed by atoms with Gasteiger partial charge in [0.2, 0.25) is 5.91 Å². The summed E-state index contributed by atoms with van der Waals surface area (Å²) in [6, 6.07) is 9.66. The molecule has 1 aliphatic rings. The second-order valence-corrected chi connectivity index (χ2v) is 7.41. The van der Waals surface area contributed by atoms with Gasteiger partial charge in [-0.25, -0.2) is 0 Å². The lowest BCUT2D eigenvalue weighted by Gasteiger charge is -2.26. The number of anilines is 2. The van der Waals surface area contributed by atoms with Crippen molar-refractivity contribution in [1.29, 1.82) is 0 Å². The van der Waals surface area contributed by atoms with Crippen LogP contribution in [0.2, 0.25) is 0 Å². The van der Waals surface area contributed by atoms with Gasteiger partial charge in [-0.2, -0.15) is 13.2 Å². The zero-order chi connectivity index (χ0) is 21.9. The normalized spacial score (nSPS) is 16.1. The fourth-order valence-corrected chi connectivity index (χ4v) is 3.75. The van der Waals surface area contributed by atoms with E-state index in [1.807, 2.05) is 32.9 Å². The molecule has 160 valence electrons. The van der Waals surface area contributed by atoms with E-state index in [1.165, 1.54) is 12.3 Å². The molecule has 0 bridgehead atoms. The molecular formula is C23H26F3N3O. The van der Waals surface area contributed by atoms with E-state index in [0.29, 0.717) is 13.1 Å². The quantitative estimate of drug-likeness (QED) is 0.555.